The van der Waals surface area contributed by atoms with Gasteiger partial charge in [0.05, 0.1) is 17.3 Å². The van der Waals surface area contributed by atoms with Crippen molar-refractivity contribution < 1.29 is 24.2 Å². The molecule has 98 valence electrons. The van der Waals surface area contributed by atoms with Crippen molar-refractivity contribution in [3.8, 4) is 0 Å². The molecule has 0 radical (unpaired) electrons. The number of aliphatic carboxylic acids is 1. The Balaban J connectivity index is 2.67. The van der Waals surface area contributed by atoms with Crippen LogP contribution in [0.1, 0.15) is 0 Å². The summed E-state index contributed by atoms with van der Waals surface area (Å²) in [6, 6.07) is 1.01. The molecule has 0 aromatic heterocycles. The molecule has 2 amide bonds. The maximum absolute atomic E-state index is 12.7. The van der Waals surface area contributed by atoms with Gasteiger partial charge in [0, 0.05) is 0 Å². The number of benzene rings is 1. The standard InChI is InChI=1S/C10H10ClFN2O4/c11-6-3-5(12)1-2-7(6)13-10(18)14-8(4-15)9(16)17/h1-3,8,15H,4H2,(H,16,17)(H2,13,14,18)/t8-/m1/s1. The van der Waals surface area contributed by atoms with Crippen LogP contribution in [0.25, 0.3) is 0 Å². The van der Waals surface area contributed by atoms with E-state index >= 15 is 0 Å². The number of urea groups is 1. The van der Waals surface area contributed by atoms with Crippen LogP contribution in [0.5, 0.6) is 0 Å². The quantitative estimate of drug-likeness (QED) is 0.660. The highest BCUT2D eigenvalue weighted by Crippen LogP contribution is 2.22. The lowest BCUT2D eigenvalue weighted by atomic mass is 10.3. The summed E-state index contributed by atoms with van der Waals surface area (Å²) in [5, 5.41) is 21.5. The van der Waals surface area contributed by atoms with E-state index < -0.39 is 30.5 Å². The highest BCUT2D eigenvalue weighted by Gasteiger charge is 2.18. The molecule has 0 aliphatic heterocycles. The molecular formula is C10H10ClFN2O4. The molecule has 0 fully saturated rings. The van der Waals surface area contributed by atoms with Gasteiger partial charge in [-0.3, -0.25) is 0 Å². The molecule has 0 unspecified atom stereocenters. The average molecular weight is 277 g/mol. The number of rotatable bonds is 4. The Morgan fingerprint density at radius 1 is 1.44 bits per heavy atom. The van der Waals surface area contributed by atoms with E-state index in [1.54, 1.807) is 0 Å². The van der Waals surface area contributed by atoms with E-state index in [1.807, 2.05) is 5.32 Å². The number of anilines is 1. The van der Waals surface area contributed by atoms with Crippen molar-refractivity contribution in [3.63, 3.8) is 0 Å². The van der Waals surface area contributed by atoms with Gasteiger partial charge in [-0.05, 0) is 18.2 Å². The molecule has 0 aliphatic rings. The Hall–Kier alpha value is -1.86. The number of carboxylic acid groups (broad SMARTS) is 1. The molecule has 1 atom stereocenters. The van der Waals surface area contributed by atoms with Crippen LogP contribution in [0, 0.1) is 5.82 Å². The lowest BCUT2D eigenvalue weighted by molar-refractivity contribution is -0.140. The number of amides is 2. The summed E-state index contributed by atoms with van der Waals surface area (Å²) < 4.78 is 12.7. The summed E-state index contributed by atoms with van der Waals surface area (Å²) in [5.41, 5.74) is 0.123. The van der Waals surface area contributed by atoms with Crippen molar-refractivity contribution >= 4 is 29.3 Å². The number of hydrogen-bond donors (Lipinski definition) is 4. The fraction of sp³-hybridized carbons (Fsp3) is 0.200. The fourth-order valence-electron chi connectivity index (χ4n) is 1.09. The molecule has 0 aliphatic carbocycles. The molecule has 18 heavy (non-hydrogen) atoms. The third kappa shape index (κ3) is 3.86. The summed E-state index contributed by atoms with van der Waals surface area (Å²) in [6.07, 6.45) is 0. The Morgan fingerprint density at radius 2 is 2.11 bits per heavy atom. The molecule has 1 aromatic carbocycles. The second kappa shape index (κ2) is 6.18. The predicted molar refractivity (Wildman–Crippen MR) is 62.1 cm³/mol. The summed E-state index contributed by atoms with van der Waals surface area (Å²) >= 11 is 5.66. The molecule has 4 N–H and O–H groups in total. The van der Waals surface area contributed by atoms with Gasteiger partial charge in [0.1, 0.15) is 5.82 Å². The van der Waals surface area contributed by atoms with Crippen LogP contribution in [0.4, 0.5) is 14.9 Å². The number of nitrogens with one attached hydrogen (secondary N) is 2. The summed E-state index contributed by atoms with van der Waals surface area (Å²) in [6.45, 7) is -0.750. The van der Waals surface area contributed by atoms with Gasteiger partial charge < -0.3 is 20.8 Å². The first-order valence-corrected chi connectivity index (χ1v) is 5.18. The first-order valence-electron chi connectivity index (χ1n) is 4.80. The molecule has 0 spiro atoms. The van der Waals surface area contributed by atoms with Crippen LogP contribution < -0.4 is 10.6 Å². The molecule has 0 heterocycles. The van der Waals surface area contributed by atoms with E-state index in [-0.39, 0.29) is 10.7 Å². The third-order valence-corrected chi connectivity index (χ3v) is 2.28. The lowest BCUT2D eigenvalue weighted by Crippen LogP contribution is -2.45. The van der Waals surface area contributed by atoms with Crippen LogP contribution in [0.3, 0.4) is 0 Å². The molecule has 1 rings (SSSR count). The molecular weight excluding hydrogens is 267 g/mol. The zero-order valence-corrected chi connectivity index (χ0v) is 9.74. The van der Waals surface area contributed by atoms with Crippen molar-refractivity contribution in [3.05, 3.63) is 29.0 Å². The van der Waals surface area contributed by atoms with Crippen molar-refractivity contribution in [2.24, 2.45) is 0 Å². The van der Waals surface area contributed by atoms with Gasteiger partial charge in [-0.25, -0.2) is 14.0 Å². The molecule has 0 saturated heterocycles. The minimum atomic E-state index is -1.43. The average Bonchev–Trinajstić information content (AvgIpc) is 2.29. The van der Waals surface area contributed by atoms with Gasteiger partial charge in [0.25, 0.3) is 0 Å². The highest BCUT2D eigenvalue weighted by molar-refractivity contribution is 6.33. The van der Waals surface area contributed by atoms with Crippen LogP contribution in [-0.2, 0) is 4.79 Å². The van der Waals surface area contributed by atoms with E-state index in [1.165, 1.54) is 6.07 Å². The number of carboxylic acids is 1. The maximum Gasteiger partial charge on any atom is 0.328 e. The fourth-order valence-corrected chi connectivity index (χ4v) is 1.31. The number of halogens is 2. The minimum Gasteiger partial charge on any atom is -0.480 e. The van der Waals surface area contributed by atoms with Gasteiger partial charge in [-0.1, -0.05) is 11.6 Å². The zero-order chi connectivity index (χ0) is 13.7. The topological polar surface area (TPSA) is 98.7 Å². The second-order valence-corrected chi connectivity index (χ2v) is 3.70. The number of carbonyl (C=O) groups is 2. The van der Waals surface area contributed by atoms with Crippen LogP contribution in [0.2, 0.25) is 5.02 Å². The van der Waals surface area contributed by atoms with E-state index in [0.29, 0.717) is 0 Å². The van der Waals surface area contributed by atoms with E-state index in [9.17, 15) is 14.0 Å². The van der Waals surface area contributed by atoms with Crippen molar-refractivity contribution in [1.29, 1.82) is 0 Å². The minimum absolute atomic E-state index is 0.0268. The molecule has 6 nitrogen and oxygen atoms in total. The first-order chi connectivity index (χ1) is 8.43. The number of carbonyl (C=O) groups excluding carboxylic acids is 1. The normalized spacial score (nSPS) is 11.7. The summed E-state index contributed by atoms with van der Waals surface area (Å²) in [5.74, 6) is -1.94. The predicted octanol–water partition coefficient (Wildman–Crippen LogP) is 1.05. The van der Waals surface area contributed by atoms with E-state index in [4.69, 9.17) is 21.8 Å². The van der Waals surface area contributed by atoms with Gasteiger partial charge in [-0.15, -0.1) is 0 Å². The smallest absolute Gasteiger partial charge is 0.328 e. The first kappa shape index (κ1) is 14.2. The van der Waals surface area contributed by atoms with Crippen molar-refractivity contribution in [2.75, 3.05) is 11.9 Å². The summed E-state index contributed by atoms with van der Waals surface area (Å²) in [4.78, 5) is 21.9. The van der Waals surface area contributed by atoms with Crippen molar-refractivity contribution in [2.45, 2.75) is 6.04 Å². The summed E-state index contributed by atoms with van der Waals surface area (Å²) in [7, 11) is 0. The number of aliphatic hydroxyl groups excluding tert-OH is 1. The SMILES string of the molecule is O=C(Nc1ccc(F)cc1Cl)N[C@H](CO)C(=O)O. The molecule has 8 heteroatoms. The Labute approximate surface area is 106 Å². The number of aliphatic hydroxyl groups is 1. The Kier molecular flexibility index (Phi) is 4.87. The monoisotopic (exact) mass is 276 g/mol. The zero-order valence-electron chi connectivity index (χ0n) is 8.98. The van der Waals surface area contributed by atoms with E-state index in [2.05, 4.69) is 5.32 Å². The van der Waals surface area contributed by atoms with E-state index in [0.717, 1.165) is 12.1 Å². The highest BCUT2D eigenvalue weighted by atomic mass is 35.5. The largest absolute Gasteiger partial charge is 0.480 e. The molecule has 1 aromatic rings. The van der Waals surface area contributed by atoms with Crippen LogP contribution in [0.15, 0.2) is 18.2 Å². The van der Waals surface area contributed by atoms with Gasteiger partial charge >= 0.3 is 12.0 Å². The molecule has 0 bridgehead atoms. The van der Waals surface area contributed by atoms with Gasteiger partial charge in [0.15, 0.2) is 6.04 Å². The van der Waals surface area contributed by atoms with Crippen molar-refractivity contribution in [1.82, 2.24) is 5.32 Å². The Bertz CT molecular complexity index is 469. The van der Waals surface area contributed by atoms with Gasteiger partial charge in [0.2, 0.25) is 0 Å². The maximum atomic E-state index is 12.7. The van der Waals surface area contributed by atoms with Crippen LogP contribution >= 0.6 is 11.6 Å². The molecule has 0 saturated carbocycles. The number of hydrogen-bond acceptors (Lipinski definition) is 3. The van der Waals surface area contributed by atoms with Crippen LogP contribution in [-0.4, -0.2) is 34.9 Å². The lowest BCUT2D eigenvalue weighted by Gasteiger charge is -2.13. The van der Waals surface area contributed by atoms with Gasteiger partial charge in [-0.2, -0.15) is 0 Å². The second-order valence-electron chi connectivity index (χ2n) is 3.30. The third-order valence-electron chi connectivity index (χ3n) is 1.97. The Morgan fingerprint density at radius 3 is 2.61 bits per heavy atom.